The average Bonchev–Trinajstić information content (AvgIpc) is 3.17. The number of benzene rings is 1. The van der Waals surface area contributed by atoms with Crippen molar-refractivity contribution in [3.8, 4) is 0 Å². The van der Waals surface area contributed by atoms with Gasteiger partial charge in [-0.3, -0.25) is 4.90 Å². The maximum atomic E-state index is 14.2. The predicted molar refractivity (Wildman–Crippen MR) is 88.7 cm³/mol. The summed E-state index contributed by atoms with van der Waals surface area (Å²) < 4.78 is 34.4. The maximum Gasteiger partial charge on any atom is 0.163 e. The van der Waals surface area contributed by atoms with E-state index in [1.165, 1.54) is 0 Å². The topological polar surface area (TPSA) is 15.7 Å². The highest BCUT2D eigenvalue weighted by atomic mass is 19.2. The van der Waals surface area contributed by atoms with Crippen LogP contribution in [0.25, 0.3) is 0 Å². The molecule has 0 aromatic heterocycles. The van der Waals surface area contributed by atoms with E-state index in [0.717, 1.165) is 32.5 Å². The van der Waals surface area contributed by atoms with Crippen molar-refractivity contribution in [3.63, 3.8) is 0 Å². The first kappa shape index (κ1) is 16.4. The summed E-state index contributed by atoms with van der Waals surface area (Å²) in [6, 6.07) is 3.38. The molecule has 3 heterocycles. The molecule has 3 aliphatic rings. The number of nitrogens with zero attached hydrogens (tertiary/aromatic N) is 2. The Labute approximate surface area is 142 Å². The zero-order valence-corrected chi connectivity index (χ0v) is 14.7. The summed E-state index contributed by atoms with van der Waals surface area (Å²) in [4.78, 5) is 4.49. The third-order valence-electron chi connectivity index (χ3n) is 6.18. The van der Waals surface area contributed by atoms with Gasteiger partial charge in [0.15, 0.2) is 11.6 Å². The molecule has 2 bridgehead atoms. The summed E-state index contributed by atoms with van der Waals surface area (Å²) >= 11 is 0. The van der Waals surface area contributed by atoms with Crippen LogP contribution in [-0.4, -0.2) is 55.2 Å². The standard InChI is InChI=1S/C19H26F2N2O/c1-12-4-5-13(18(21)17(12)20)8-23-10-15-14(9-22(2)3)16-6-7-19(15,11-23)24-16/h4-5,14-16H,6-11H2,1-3H3/t14-,15+,16+,19+/m0/s1. The molecule has 0 unspecified atom stereocenters. The van der Waals surface area contributed by atoms with Gasteiger partial charge in [-0.2, -0.15) is 0 Å². The molecule has 3 nitrogen and oxygen atoms in total. The van der Waals surface area contributed by atoms with E-state index in [0.29, 0.717) is 35.6 Å². The van der Waals surface area contributed by atoms with Crippen LogP contribution >= 0.6 is 0 Å². The highest BCUT2D eigenvalue weighted by Crippen LogP contribution is 2.55. The molecule has 0 radical (unpaired) electrons. The van der Waals surface area contributed by atoms with Gasteiger partial charge < -0.3 is 9.64 Å². The highest BCUT2D eigenvalue weighted by molar-refractivity contribution is 5.26. The Balaban J connectivity index is 1.51. The summed E-state index contributed by atoms with van der Waals surface area (Å²) in [5.41, 5.74) is 0.764. The number of hydrogen-bond donors (Lipinski definition) is 0. The number of ether oxygens (including phenoxy) is 1. The van der Waals surface area contributed by atoms with Crippen LogP contribution in [0.3, 0.4) is 0 Å². The molecule has 0 amide bonds. The van der Waals surface area contributed by atoms with Crippen LogP contribution in [0, 0.1) is 30.4 Å². The lowest BCUT2D eigenvalue weighted by molar-refractivity contribution is 0.00136. The number of hydrogen-bond acceptors (Lipinski definition) is 3. The minimum Gasteiger partial charge on any atom is -0.370 e. The zero-order valence-electron chi connectivity index (χ0n) is 14.7. The summed E-state index contributed by atoms with van der Waals surface area (Å²) in [6.45, 7) is 4.86. The molecule has 1 aromatic rings. The summed E-state index contributed by atoms with van der Waals surface area (Å²) in [5, 5.41) is 0. The van der Waals surface area contributed by atoms with E-state index < -0.39 is 11.6 Å². The third-order valence-corrected chi connectivity index (χ3v) is 6.18. The van der Waals surface area contributed by atoms with E-state index in [1.54, 1.807) is 19.1 Å². The van der Waals surface area contributed by atoms with E-state index in [1.807, 2.05) is 0 Å². The van der Waals surface area contributed by atoms with Crippen LogP contribution in [0.4, 0.5) is 8.78 Å². The molecular formula is C19H26F2N2O. The lowest BCUT2D eigenvalue weighted by Crippen LogP contribution is -2.40. The highest BCUT2D eigenvalue weighted by Gasteiger charge is 2.62. The van der Waals surface area contributed by atoms with Crippen molar-refractivity contribution in [1.82, 2.24) is 9.80 Å². The van der Waals surface area contributed by atoms with Crippen molar-refractivity contribution in [2.75, 3.05) is 33.7 Å². The van der Waals surface area contributed by atoms with Gasteiger partial charge in [0.25, 0.3) is 0 Å². The van der Waals surface area contributed by atoms with Crippen molar-refractivity contribution in [2.24, 2.45) is 11.8 Å². The summed E-state index contributed by atoms with van der Waals surface area (Å²) in [7, 11) is 4.21. The lowest BCUT2D eigenvalue weighted by atomic mass is 9.73. The monoisotopic (exact) mass is 336 g/mol. The van der Waals surface area contributed by atoms with Crippen LogP contribution in [0.5, 0.6) is 0 Å². The Kier molecular flexibility index (Phi) is 3.94. The predicted octanol–water partition coefficient (Wildman–Crippen LogP) is 2.81. The molecule has 5 heteroatoms. The van der Waals surface area contributed by atoms with Gasteiger partial charge in [-0.05, 0) is 39.4 Å². The van der Waals surface area contributed by atoms with Crippen molar-refractivity contribution in [2.45, 2.75) is 38.0 Å². The van der Waals surface area contributed by atoms with E-state index in [4.69, 9.17) is 4.74 Å². The summed E-state index contributed by atoms with van der Waals surface area (Å²) in [6.07, 6.45) is 2.62. The minimum absolute atomic E-state index is 0.0505. The van der Waals surface area contributed by atoms with E-state index in [-0.39, 0.29) is 5.60 Å². The smallest absolute Gasteiger partial charge is 0.163 e. The Morgan fingerprint density at radius 3 is 2.83 bits per heavy atom. The number of likely N-dealkylation sites (tertiary alicyclic amines) is 1. The maximum absolute atomic E-state index is 14.2. The van der Waals surface area contributed by atoms with Gasteiger partial charge in [0.1, 0.15) is 0 Å². The second-order valence-corrected chi connectivity index (χ2v) is 8.13. The number of halogens is 2. The van der Waals surface area contributed by atoms with Crippen LogP contribution in [0.15, 0.2) is 12.1 Å². The fourth-order valence-corrected chi connectivity index (χ4v) is 5.12. The molecule has 0 saturated carbocycles. The molecule has 1 spiro atoms. The molecule has 3 aliphatic heterocycles. The first-order valence-corrected chi connectivity index (χ1v) is 8.88. The van der Waals surface area contributed by atoms with Gasteiger partial charge in [0.2, 0.25) is 0 Å². The van der Waals surface area contributed by atoms with Gasteiger partial charge >= 0.3 is 0 Å². The Morgan fingerprint density at radius 1 is 1.29 bits per heavy atom. The second-order valence-electron chi connectivity index (χ2n) is 8.13. The molecule has 4 atom stereocenters. The molecule has 0 N–H and O–H groups in total. The van der Waals surface area contributed by atoms with Crippen LogP contribution < -0.4 is 0 Å². The summed E-state index contributed by atoms with van der Waals surface area (Å²) in [5.74, 6) is -0.345. The average molecular weight is 336 g/mol. The van der Waals surface area contributed by atoms with Crippen molar-refractivity contribution in [3.05, 3.63) is 34.9 Å². The van der Waals surface area contributed by atoms with Crippen LogP contribution in [0.1, 0.15) is 24.0 Å². The molecule has 0 aliphatic carbocycles. The number of rotatable bonds is 4. The van der Waals surface area contributed by atoms with Gasteiger partial charge in [0.05, 0.1) is 11.7 Å². The molecule has 3 fully saturated rings. The Morgan fingerprint density at radius 2 is 2.08 bits per heavy atom. The molecule has 1 aromatic carbocycles. The molecule has 4 rings (SSSR count). The molecule has 132 valence electrons. The SMILES string of the molecule is Cc1ccc(CN2C[C@@H]3[C@H](CN(C)C)[C@H]4CC[C@]3(C2)O4)c(F)c1F. The van der Waals surface area contributed by atoms with Gasteiger partial charge in [0, 0.05) is 43.6 Å². The lowest BCUT2D eigenvalue weighted by Gasteiger charge is -2.31. The fraction of sp³-hybridized carbons (Fsp3) is 0.684. The minimum atomic E-state index is -0.715. The van der Waals surface area contributed by atoms with Crippen molar-refractivity contribution in [1.29, 1.82) is 0 Å². The molecule has 3 saturated heterocycles. The normalized spacial score (nSPS) is 35.2. The van der Waals surface area contributed by atoms with E-state index in [9.17, 15) is 8.78 Å². The molecule has 24 heavy (non-hydrogen) atoms. The van der Waals surface area contributed by atoms with Gasteiger partial charge in [-0.15, -0.1) is 0 Å². The quantitative estimate of drug-likeness (QED) is 0.841. The van der Waals surface area contributed by atoms with E-state index >= 15 is 0 Å². The van der Waals surface area contributed by atoms with E-state index in [2.05, 4.69) is 23.9 Å². The Hall–Kier alpha value is -1.04. The number of aryl methyl sites for hydroxylation is 1. The van der Waals surface area contributed by atoms with Gasteiger partial charge in [-0.25, -0.2) is 8.78 Å². The van der Waals surface area contributed by atoms with Crippen molar-refractivity contribution < 1.29 is 13.5 Å². The van der Waals surface area contributed by atoms with Crippen LogP contribution in [0.2, 0.25) is 0 Å². The van der Waals surface area contributed by atoms with Crippen LogP contribution in [-0.2, 0) is 11.3 Å². The largest absolute Gasteiger partial charge is 0.370 e. The molecular weight excluding hydrogens is 310 g/mol. The Bertz CT molecular complexity index is 650. The third kappa shape index (κ3) is 2.49. The first-order valence-electron chi connectivity index (χ1n) is 8.88. The van der Waals surface area contributed by atoms with Gasteiger partial charge in [-0.1, -0.05) is 12.1 Å². The van der Waals surface area contributed by atoms with Crippen molar-refractivity contribution >= 4 is 0 Å². The fourth-order valence-electron chi connectivity index (χ4n) is 5.12. The first-order chi connectivity index (χ1) is 11.4. The number of fused-ring (bicyclic) bond motifs is 1. The zero-order chi connectivity index (χ0) is 17.1. The second kappa shape index (κ2) is 5.75.